The van der Waals surface area contributed by atoms with Crippen molar-refractivity contribution in [1.29, 1.82) is 0 Å². The molecule has 198 valence electrons. The quantitative estimate of drug-likeness (QED) is 0.418. The van der Waals surface area contributed by atoms with Crippen LogP contribution in [-0.2, 0) is 11.3 Å². The van der Waals surface area contributed by atoms with Crippen LogP contribution in [0.25, 0.3) is 11.3 Å². The molecular formula is C28H31ClN6O3. The average molecular weight is 535 g/mol. The molecule has 2 unspecified atom stereocenters. The molecule has 4 atom stereocenters. The number of nitrogens with zero attached hydrogens (tertiary/aromatic N) is 4. The van der Waals surface area contributed by atoms with Gasteiger partial charge in [0.05, 0.1) is 34.8 Å². The van der Waals surface area contributed by atoms with E-state index in [0.717, 1.165) is 29.8 Å². The van der Waals surface area contributed by atoms with Crippen LogP contribution in [0.15, 0.2) is 42.6 Å². The first-order chi connectivity index (χ1) is 18.2. The lowest BCUT2D eigenvalue weighted by atomic mass is 10.0. The van der Waals surface area contributed by atoms with Gasteiger partial charge < -0.3 is 20.6 Å². The standard InChI is InChI=1S/C28H31ClN6O3/c1-15-5-4-6-24(31-15)16(2)32-26(37)17(3)35-14-19-8-7-18(11-22(19)27(35)38)25-23(29)13-30-28(34-25)33-20-9-10-21(36)12-20/h4-8,11,13,16-17,20-21,36H,9-10,12,14H2,1-3H3,(H,32,37)(H,30,33,34)/t16?,17?,20-,21-/m1/s1. The molecule has 1 fully saturated rings. The zero-order valence-corrected chi connectivity index (χ0v) is 22.4. The van der Waals surface area contributed by atoms with Crippen molar-refractivity contribution in [2.45, 2.75) is 70.8 Å². The van der Waals surface area contributed by atoms with Gasteiger partial charge in [-0.2, -0.15) is 0 Å². The fourth-order valence-corrected chi connectivity index (χ4v) is 5.25. The largest absolute Gasteiger partial charge is 0.393 e. The summed E-state index contributed by atoms with van der Waals surface area (Å²) in [6, 6.07) is 10.4. The Kier molecular flexibility index (Phi) is 7.32. The second kappa shape index (κ2) is 10.7. The predicted molar refractivity (Wildman–Crippen MR) is 145 cm³/mol. The van der Waals surface area contributed by atoms with Crippen LogP contribution in [0.3, 0.4) is 0 Å². The van der Waals surface area contributed by atoms with E-state index in [-0.39, 0.29) is 30.0 Å². The number of carbonyl (C=O) groups excluding carboxylic acids is 2. The Hall–Kier alpha value is -3.56. The molecule has 5 rings (SSSR count). The van der Waals surface area contributed by atoms with Gasteiger partial charge in [-0.15, -0.1) is 0 Å². The third-order valence-electron chi connectivity index (χ3n) is 7.26. The first kappa shape index (κ1) is 26.1. The number of amides is 2. The van der Waals surface area contributed by atoms with Gasteiger partial charge in [-0.1, -0.05) is 29.8 Å². The minimum Gasteiger partial charge on any atom is -0.393 e. The van der Waals surface area contributed by atoms with Gasteiger partial charge in [0.15, 0.2) is 0 Å². The Bertz CT molecular complexity index is 1380. The summed E-state index contributed by atoms with van der Waals surface area (Å²) in [6.45, 7) is 5.86. The van der Waals surface area contributed by atoms with Crippen LogP contribution in [-0.4, -0.2) is 55.0 Å². The number of benzene rings is 1. The molecule has 38 heavy (non-hydrogen) atoms. The van der Waals surface area contributed by atoms with Crippen molar-refractivity contribution in [3.05, 3.63) is 70.1 Å². The molecule has 1 aliphatic heterocycles. The van der Waals surface area contributed by atoms with E-state index in [1.807, 2.05) is 44.2 Å². The van der Waals surface area contributed by atoms with Crippen molar-refractivity contribution in [1.82, 2.24) is 25.2 Å². The maximum absolute atomic E-state index is 13.4. The van der Waals surface area contributed by atoms with Crippen molar-refractivity contribution >= 4 is 29.4 Å². The van der Waals surface area contributed by atoms with Gasteiger partial charge in [-0.05, 0) is 63.8 Å². The van der Waals surface area contributed by atoms with E-state index in [1.54, 1.807) is 17.9 Å². The van der Waals surface area contributed by atoms with Crippen LogP contribution < -0.4 is 10.6 Å². The van der Waals surface area contributed by atoms with Crippen molar-refractivity contribution in [3.63, 3.8) is 0 Å². The fourth-order valence-electron chi connectivity index (χ4n) is 5.05. The second-order valence-electron chi connectivity index (χ2n) is 10.1. The van der Waals surface area contributed by atoms with Gasteiger partial charge in [-0.3, -0.25) is 14.6 Å². The number of aromatic nitrogens is 3. The third-order valence-corrected chi connectivity index (χ3v) is 7.53. The van der Waals surface area contributed by atoms with Crippen LogP contribution in [0, 0.1) is 6.92 Å². The molecule has 3 heterocycles. The van der Waals surface area contributed by atoms with Gasteiger partial charge in [0.2, 0.25) is 11.9 Å². The summed E-state index contributed by atoms with van der Waals surface area (Å²) in [4.78, 5) is 41.3. The Labute approximate surface area is 226 Å². The molecule has 0 spiro atoms. The molecule has 1 aromatic carbocycles. The highest BCUT2D eigenvalue weighted by Crippen LogP contribution is 2.33. The Morgan fingerprint density at radius 3 is 2.74 bits per heavy atom. The lowest BCUT2D eigenvalue weighted by molar-refractivity contribution is -0.125. The Morgan fingerprint density at radius 2 is 2.00 bits per heavy atom. The van der Waals surface area contributed by atoms with Crippen LogP contribution in [0.4, 0.5) is 5.95 Å². The monoisotopic (exact) mass is 534 g/mol. The Morgan fingerprint density at radius 1 is 1.18 bits per heavy atom. The van der Waals surface area contributed by atoms with Crippen LogP contribution in [0.1, 0.15) is 66.5 Å². The van der Waals surface area contributed by atoms with E-state index in [2.05, 4.69) is 25.6 Å². The second-order valence-corrected chi connectivity index (χ2v) is 10.5. The number of anilines is 1. The number of aryl methyl sites for hydroxylation is 1. The molecule has 1 aliphatic carbocycles. The van der Waals surface area contributed by atoms with E-state index < -0.39 is 6.04 Å². The number of hydrogen-bond donors (Lipinski definition) is 3. The van der Waals surface area contributed by atoms with Crippen molar-refractivity contribution < 1.29 is 14.7 Å². The molecule has 10 heteroatoms. The summed E-state index contributed by atoms with van der Waals surface area (Å²) in [5.74, 6) is -0.0254. The first-order valence-electron chi connectivity index (χ1n) is 12.8. The maximum Gasteiger partial charge on any atom is 0.255 e. The normalized spacial score (nSPS) is 20.2. The summed E-state index contributed by atoms with van der Waals surface area (Å²) in [5.41, 5.74) is 4.22. The zero-order valence-electron chi connectivity index (χ0n) is 21.6. The minimum atomic E-state index is -0.661. The molecule has 2 amide bonds. The van der Waals surface area contributed by atoms with Crippen LogP contribution >= 0.6 is 11.6 Å². The molecule has 2 aromatic heterocycles. The molecule has 0 saturated heterocycles. The average Bonchev–Trinajstić information content (AvgIpc) is 3.46. The number of pyridine rings is 1. The first-order valence-corrected chi connectivity index (χ1v) is 13.2. The summed E-state index contributed by atoms with van der Waals surface area (Å²) in [5, 5.41) is 16.4. The smallest absolute Gasteiger partial charge is 0.255 e. The lowest BCUT2D eigenvalue weighted by Crippen LogP contribution is -2.46. The van der Waals surface area contributed by atoms with Gasteiger partial charge in [0.25, 0.3) is 5.91 Å². The topological polar surface area (TPSA) is 120 Å². The Balaban J connectivity index is 1.30. The maximum atomic E-state index is 13.4. The van der Waals surface area contributed by atoms with E-state index in [4.69, 9.17) is 11.6 Å². The highest BCUT2D eigenvalue weighted by Gasteiger charge is 2.35. The molecule has 2 aliphatic rings. The predicted octanol–water partition coefficient (Wildman–Crippen LogP) is 4.05. The fraction of sp³-hybridized carbons (Fsp3) is 0.393. The van der Waals surface area contributed by atoms with E-state index in [1.165, 1.54) is 6.20 Å². The van der Waals surface area contributed by atoms with Crippen LogP contribution in [0.5, 0.6) is 0 Å². The van der Waals surface area contributed by atoms with Gasteiger partial charge in [0, 0.05) is 29.4 Å². The number of aliphatic hydroxyl groups excluding tert-OH is 1. The molecule has 9 nitrogen and oxygen atoms in total. The number of rotatable bonds is 7. The van der Waals surface area contributed by atoms with Crippen molar-refractivity contribution in [3.8, 4) is 11.3 Å². The molecule has 0 radical (unpaired) electrons. The van der Waals surface area contributed by atoms with Gasteiger partial charge >= 0.3 is 0 Å². The number of hydrogen-bond acceptors (Lipinski definition) is 7. The molecule has 3 aromatic rings. The van der Waals surface area contributed by atoms with Gasteiger partial charge in [0.1, 0.15) is 6.04 Å². The highest BCUT2D eigenvalue weighted by molar-refractivity contribution is 6.33. The van der Waals surface area contributed by atoms with E-state index in [9.17, 15) is 14.7 Å². The molecular weight excluding hydrogens is 504 g/mol. The molecule has 0 bridgehead atoms. The van der Waals surface area contributed by atoms with E-state index >= 15 is 0 Å². The minimum absolute atomic E-state index is 0.103. The SMILES string of the molecule is Cc1cccc(C(C)NC(=O)C(C)N2Cc3ccc(-c4nc(N[C@@H]5CC[C@@H](O)C5)ncc4Cl)cc3C2=O)n1. The number of halogens is 1. The number of aliphatic hydroxyl groups is 1. The lowest BCUT2D eigenvalue weighted by Gasteiger charge is -2.25. The number of nitrogens with one attached hydrogen (secondary N) is 2. The summed E-state index contributed by atoms with van der Waals surface area (Å²) in [7, 11) is 0. The molecule has 3 N–H and O–H groups in total. The van der Waals surface area contributed by atoms with Crippen molar-refractivity contribution in [2.24, 2.45) is 0 Å². The number of fused-ring (bicyclic) bond motifs is 1. The zero-order chi connectivity index (χ0) is 27.0. The van der Waals surface area contributed by atoms with Crippen molar-refractivity contribution in [2.75, 3.05) is 5.32 Å². The van der Waals surface area contributed by atoms with Crippen LogP contribution in [0.2, 0.25) is 5.02 Å². The molecule has 1 saturated carbocycles. The summed E-state index contributed by atoms with van der Waals surface area (Å²) >= 11 is 6.44. The third kappa shape index (κ3) is 5.35. The summed E-state index contributed by atoms with van der Waals surface area (Å²) in [6.07, 6.45) is 3.47. The summed E-state index contributed by atoms with van der Waals surface area (Å²) < 4.78 is 0. The number of carbonyl (C=O) groups is 2. The highest BCUT2D eigenvalue weighted by atomic mass is 35.5. The van der Waals surface area contributed by atoms with Gasteiger partial charge in [-0.25, -0.2) is 9.97 Å². The van der Waals surface area contributed by atoms with E-state index in [0.29, 0.717) is 40.8 Å².